The topological polar surface area (TPSA) is 72.7 Å². The minimum absolute atomic E-state index is 0.147. The first kappa shape index (κ1) is 15.5. The molecule has 0 unspecified atom stereocenters. The fourth-order valence-corrected chi connectivity index (χ4v) is 2.64. The summed E-state index contributed by atoms with van der Waals surface area (Å²) < 4.78 is 2.63. The maximum Gasteiger partial charge on any atom is 0.213 e. The molecule has 23 heavy (non-hydrogen) atoms. The van der Waals surface area contributed by atoms with Crippen molar-refractivity contribution in [3.8, 4) is 5.69 Å². The van der Waals surface area contributed by atoms with Crippen molar-refractivity contribution in [2.45, 2.75) is 6.54 Å². The Kier molecular flexibility index (Phi) is 4.59. The summed E-state index contributed by atoms with van der Waals surface area (Å²) in [6.45, 7) is 0.549. The lowest BCUT2D eigenvalue weighted by atomic mass is 10.1. The van der Waals surface area contributed by atoms with Crippen LogP contribution < -0.4 is 5.32 Å². The van der Waals surface area contributed by atoms with Crippen LogP contribution in [0.4, 0.5) is 0 Å². The van der Waals surface area contributed by atoms with E-state index < -0.39 is 0 Å². The Labute approximate surface area is 141 Å². The van der Waals surface area contributed by atoms with E-state index in [-0.39, 0.29) is 5.78 Å². The minimum atomic E-state index is -0.147. The standard InChI is InChI=1S/C16H14BrN5O/c1-18-9-15-21-20-10-22(15)14-6-5-11(17)8-12(14)16(23)13-4-2-3-7-19-13/h2-8,10,18H,9H2,1H3. The predicted octanol–water partition coefficient (Wildman–Crippen LogP) is 2.38. The molecule has 0 bridgehead atoms. The zero-order valence-electron chi connectivity index (χ0n) is 12.4. The summed E-state index contributed by atoms with van der Waals surface area (Å²) in [5.41, 5.74) is 1.66. The van der Waals surface area contributed by atoms with Gasteiger partial charge in [-0.05, 0) is 37.4 Å². The molecular weight excluding hydrogens is 358 g/mol. The SMILES string of the molecule is CNCc1nncn1-c1ccc(Br)cc1C(=O)c1ccccn1. The lowest BCUT2D eigenvalue weighted by molar-refractivity contribution is 0.103. The summed E-state index contributed by atoms with van der Waals surface area (Å²) in [6.07, 6.45) is 3.21. The lowest BCUT2D eigenvalue weighted by Crippen LogP contribution is -2.14. The first-order valence-electron chi connectivity index (χ1n) is 7.00. The molecule has 0 aliphatic rings. The zero-order valence-corrected chi connectivity index (χ0v) is 14.0. The van der Waals surface area contributed by atoms with Crippen molar-refractivity contribution < 1.29 is 4.79 Å². The van der Waals surface area contributed by atoms with Crippen LogP contribution in [0.2, 0.25) is 0 Å². The van der Waals surface area contributed by atoms with Crippen LogP contribution in [-0.2, 0) is 6.54 Å². The average Bonchev–Trinajstić information content (AvgIpc) is 3.03. The number of carbonyl (C=O) groups is 1. The third-order valence-corrected chi connectivity index (χ3v) is 3.81. The molecule has 0 aliphatic carbocycles. The number of rotatable bonds is 5. The lowest BCUT2D eigenvalue weighted by Gasteiger charge is -2.12. The summed E-state index contributed by atoms with van der Waals surface area (Å²) in [6, 6.07) is 10.8. The van der Waals surface area contributed by atoms with Crippen molar-refractivity contribution in [3.63, 3.8) is 0 Å². The van der Waals surface area contributed by atoms with E-state index >= 15 is 0 Å². The molecular formula is C16H14BrN5O. The molecule has 0 radical (unpaired) electrons. The van der Waals surface area contributed by atoms with Gasteiger partial charge in [0, 0.05) is 16.2 Å². The van der Waals surface area contributed by atoms with E-state index in [2.05, 4.69) is 36.4 Å². The van der Waals surface area contributed by atoms with Crippen LogP contribution in [0.1, 0.15) is 21.9 Å². The van der Waals surface area contributed by atoms with E-state index in [4.69, 9.17) is 0 Å². The molecule has 3 aromatic rings. The molecule has 1 aromatic carbocycles. The predicted molar refractivity (Wildman–Crippen MR) is 89.5 cm³/mol. The van der Waals surface area contributed by atoms with Gasteiger partial charge in [0.25, 0.3) is 0 Å². The number of nitrogens with one attached hydrogen (secondary N) is 1. The molecule has 2 aromatic heterocycles. The maximum absolute atomic E-state index is 12.8. The van der Waals surface area contributed by atoms with Crippen molar-refractivity contribution in [1.82, 2.24) is 25.1 Å². The van der Waals surface area contributed by atoms with Crippen LogP contribution in [-0.4, -0.2) is 32.6 Å². The van der Waals surface area contributed by atoms with Crippen LogP contribution in [0.15, 0.2) is 53.4 Å². The molecule has 0 spiro atoms. The van der Waals surface area contributed by atoms with Crippen LogP contribution >= 0.6 is 15.9 Å². The van der Waals surface area contributed by atoms with Gasteiger partial charge in [-0.3, -0.25) is 14.3 Å². The molecule has 3 rings (SSSR count). The average molecular weight is 372 g/mol. The Morgan fingerprint density at radius 2 is 2.17 bits per heavy atom. The van der Waals surface area contributed by atoms with Crippen molar-refractivity contribution in [2.24, 2.45) is 0 Å². The molecule has 7 heteroatoms. The molecule has 6 nitrogen and oxygen atoms in total. The van der Waals surface area contributed by atoms with E-state index in [1.165, 1.54) is 0 Å². The number of halogens is 1. The van der Waals surface area contributed by atoms with E-state index in [0.717, 1.165) is 16.0 Å². The number of hydrogen-bond acceptors (Lipinski definition) is 5. The Balaban J connectivity index is 2.12. The summed E-state index contributed by atoms with van der Waals surface area (Å²) >= 11 is 3.42. The highest BCUT2D eigenvalue weighted by Crippen LogP contribution is 2.23. The van der Waals surface area contributed by atoms with Gasteiger partial charge in [0.1, 0.15) is 12.0 Å². The quantitative estimate of drug-likeness (QED) is 0.697. The highest BCUT2D eigenvalue weighted by molar-refractivity contribution is 9.10. The largest absolute Gasteiger partial charge is 0.313 e. The number of hydrogen-bond donors (Lipinski definition) is 1. The van der Waals surface area contributed by atoms with E-state index in [0.29, 0.717) is 17.8 Å². The summed E-state index contributed by atoms with van der Waals surface area (Å²) in [7, 11) is 1.83. The van der Waals surface area contributed by atoms with Gasteiger partial charge in [0.15, 0.2) is 5.82 Å². The second kappa shape index (κ2) is 6.80. The number of carbonyl (C=O) groups excluding carboxylic acids is 1. The monoisotopic (exact) mass is 371 g/mol. The van der Waals surface area contributed by atoms with Gasteiger partial charge in [-0.15, -0.1) is 10.2 Å². The number of aromatic nitrogens is 4. The Bertz CT molecular complexity index is 831. The van der Waals surface area contributed by atoms with Crippen molar-refractivity contribution in [2.75, 3.05) is 7.05 Å². The van der Waals surface area contributed by atoms with Crippen molar-refractivity contribution in [3.05, 3.63) is 70.5 Å². The fourth-order valence-electron chi connectivity index (χ4n) is 2.27. The van der Waals surface area contributed by atoms with Crippen LogP contribution in [0.25, 0.3) is 5.69 Å². The molecule has 116 valence electrons. The number of pyridine rings is 1. The third kappa shape index (κ3) is 3.20. The molecule has 1 N–H and O–H groups in total. The molecule has 0 aliphatic heterocycles. The van der Waals surface area contributed by atoms with Gasteiger partial charge in [-0.25, -0.2) is 0 Å². The van der Waals surface area contributed by atoms with E-state index in [1.54, 1.807) is 41.4 Å². The van der Waals surface area contributed by atoms with Crippen molar-refractivity contribution >= 4 is 21.7 Å². The Morgan fingerprint density at radius 3 is 2.91 bits per heavy atom. The maximum atomic E-state index is 12.8. The molecule has 0 amide bonds. The number of benzene rings is 1. The normalized spacial score (nSPS) is 10.7. The van der Waals surface area contributed by atoms with Crippen molar-refractivity contribution in [1.29, 1.82) is 0 Å². The first-order chi connectivity index (χ1) is 11.2. The summed E-state index contributed by atoms with van der Waals surface area (Å²) in [4.78, 5) is 17.0. The second-order valence-electron chi connectivity index (χ2n) is 4.85. The van der Waals surface area contributed by atoms with Gasteiger partial charge < -0.3 is 5.32 Å². The van der Waals surface area contributed by atoms with E-state index in [1.807, 2.05) is 19.2 Å². The summed E-state index contributed by atoms with van der Waals surface area (Å²) in [5, 5.41) is 11.1. The van der Waals surface area contributed by atoms with Crippen LogP contribution in [0.5, 0.6) is 0 Å². The molecule has 0 fully saturated rings. The highest BCUT2D eigenvalue weighted by Gasteiger charge is 2.18. The molecule has 2 heterocycles. The van der Waals surface area contributed by atoms with Gasteiger partial charge in [-0.1, -0.05) is 22.0 Å². The summed E-state index contributed by atoms with van der Waals surface area (Å²) in [5.74, 6) is 0.580. The number of ketones is 1. The Hall–Kier alpha value is -2.38. The second-order valence-corrected chi connectivity index (χ2v) is 5.77. The van der Waals surface area contributed by atoms with Gasteiger partial charge in [0.05, 0.1) is 12.2 Å². The fraction of sp³-hybridized carbons (Fsp3) is 0.125. The molecule has 0 atom stereocenters. The zero-order chi connectivity index (χ0) is 16.2. The number of nitrogens with zero attached hydrogens (tertiary/aromatic N) is 4. The smallest absolute Gasteiger partial charge is 0.213 e. The third-order valence-electron chi connectivity index (χ3n) is 3.31. The molecule has 0 saturated carbocycles. The minimum Gasteiger partial charge on any atom is -0.313 e. The first-order valence-corrected chi connectivity index (χ1v) is 7.79. The van der Waals surface area contributed by atoms with Crippen LogP contribution in [0, 0.1) is 0 Å². The Morgan fingerprint density at radius 1 is 1.30 bits per heavy atom. The van der Waals surface area contributed by atoms with Crippen LogP contribution in [0.3, 0.4) is 0 Å². The van der Waals surface area contributed by atoms with Gasteiger partial charge in [0.2, 0.25) is 5.78 Å². The van der Waals surface area contributed by atoms with Gasteiger partial charge in [-0.2, -0.15) is 0 Å². The molecule has 0 saturated heterocycles. The van der Waals surface area contributed by atoms with E-state index in [9.17, 15) is 4.79 Å². The highest BCUT2D eigenvalue weighted by atomic mass is 79.9. The van der Waals surface area contributed by atoms with Gasteiger partial charge >= 0.3 is 0 Å².